The third-order valence-corrected chi connectivity index (χ3v) is 5.91. The number of methoxy groups -OCH3 is 1. The zero-order valence-corrected chi connectivity index (χ0v) is 14.7. The van der Waals surface area contributed by atoms with Gasteiger partial charge in [-0.25, -0.2) is 0 Å². The molecule has 1 unspecified atom stereocenters. The number of hydrogen-bond donors (Lipinski definition) is 0. The van der Waals surface area contributed by atoms with Crippen LogP contribution in [0.1, 0.15) is 78.1 Å². The summed E-state index contributed by atoms with van der Waals surface area (Å²) < 4.78 is 10.5. The van der Waals surface area contributed by atoms with Gasteiger partial charge in [0.25, 0.3) is 0 Å². The monoisotopic (exact) mass is 362 g/mol. The second kappa shape index (κ2) is 4.91. The molecule has 0 radical (unpaired) electrons. The molecule has 3 aliphatic rings. The number of furan rings is 1. The molecule has 0 N–H and O–H groups in total. The van der Waals surface area contributed by atoms with E-state index < -0.39 is 11.2 Å². The lowest BCUT2D eigenvalue weighted by Crippen LogP contribution is -2.38. The number of rotatable bonds is 1. The van der Waals surface area contributed by atoms with E-state index in [1.807, 2.05) is 6.92 Å². The van der Waals surface area contributed by atoms with Gasteiger partial charge in [-0.1, -0.05) is 6.92 Å². The van der Waals surface area contributed by atoms with Gasteiger partial charge in [-0.05, 0) is 24.1 Å². The molecule has 6 nitrogen and oxygen atoms in total. The van der Waals surface area contributed by atoms with Gasteiger partial charge in [-0.15, -0.1) is 0 Å². The van der Waals surface area contributed by atoms with Crippen molar-refractivity contribution in [2.45, 2.75) is 25.2 Å². The molecule has 1 atom stereocenters. The number of benzene rings is 1. The Kier molecular flexibility index (Phi) is 2.90. The summed E-state index contributed by atoms with van der Waals surface area (Å²) in [5, 5.41) is 0. The molecule has 0 saturated heterocycles. The zero-order valence-electron chi connectivity index (χ0n) is 14.7. The lowest BCUT2D eigenvalue weighted by Gasteiger charge is -2.38. The van der Waals surface area contributed by atoms with Crippen molar-refractivity contribution < 1.29 is 28.3 Å². The number of ketones is 4. The third-order valence-electron chi connectivity index (χ3n) is 5.91. The van der Waals surface area contributed by atoms with Gasteiger partial charge in [-0.2, -0.15) is 0 Å². The molecule has 1 aromatic heterocycles. The molecule has 0 bridgehead atoms. The third kappa shape index (κ3) is 1.79. The lowest BCUT2D eigenvalue weighted by molar-refractivity contribution is 0.0916. The van der Waals surface area contributed by atoms with E-state index in [0.29, 0.717) is 35.1 Å². The molecule has 0 spiro atoms. The molecule has 27 heavy (non-hydrogen) atoms. The molecule has 5 rings (SSSR count). The number of hydrogen-bond acceptors (Lipinski definition) is 6. The zero-order chi connectivity index (χ0) is 19.1. The Hall–Kier alpha value is -3.28. The number of carbonyl (C=O) groups is 4. The molecule has 0 aliphatic heterocycles. The first-order valence-electron chi connectivity index (χ1n) is 8.60. The van der Waals surface area contributed by atoms with Gasteiger partial charge in [0, 0.05) is 40.2 Å². The Labute approximate surface area is 153 Å². The molecule has 134 valence electrons. The summed E-state index contributed by atoms with van der Waals surface area (Å²) in [7, 11) is 1.32. The minimum absolute atomic E-state index is 0.0499. The molecule has 0 saturated carbocycles. The highest BCUT2D eigenvalue weighted by atomic mass is 16.5. The summed E-state index contributed by atoms with van der Waals surface area (Å²) in [5.41, 5.74) is 1.79. The van der Waals surface area contributed by atoms with Crippen LogP contribution in [0.2, 0.25) is 0 Å². The van der Waals surface area contributed by atoms with E-state index in [2.05, 4.69) is 0 Å². The molecule has 3 aliphatic carbocycles. The Morgan fingerprint density at radius 1 is 1.00 bits per heavy atom. The van der Waals surface area contributed by atoms with Crippen LogP contribution in [-0.2, 0) is 10.2 Å². The van der Waals surface area contributed by atoms with Crippen LogP contribution in [0.4, 0.5) is 0 Å². The largest absolute Gasteiger partial charge is 0.492 e. The highest BCUT2D eigenvalue weighted by Crippen LogP contribution is 2.50. The molecule has 0 amide bonds. The van der Waals surface area contributed by atoms with Gasteiger partial charge >= 0.3 is 0 Å². The summed E-state index contributed by atoms with van der Waals surface area (Å²) in [6.45, 7) is 1.94. The topological polar surface area (TPSA) is 90.7 Å². The Morgan fingerprint density at radius 3 is 2.52 bits per heavy atom. The fraction of sp³-hybridized carbons (Fsp3) is 0.238. The number of ether oxygens (including phenoxy) is 1. The highest BCUT2D eigenvalue weighted by Gasteiger charge is 2.48. The second-order valence-electron chi connectivity index (χ2n) is 7.29. The van der Waals surface area contributed by atoms with E-state index in [9.17, 15) is 19.2 Å². The van der Waals surface area contributed by atoms with Crippen molar-refractivity contribution in [2.24, 2.45) is 0 Å². The van der Waals surface area contributed by atoms with Gasteiger partial charge in [0.05, 0.1) is 12.7 Å². The van der Waals surface area contributed by atoms with Crippen LogP contribution in [0.15, 0.2) is 34.6 Å². The Morgan fingerprint density at radius 2 is 1.78 bits per heavy atom. The summed E-state index contributed by atoms with van der Waals surface area (Å²) >= 11 is 0. The van der Waals surface area contributed by atoms with Crippen LogP contribution in [0.25, 0.3) is 0 Å². The summed E-state index contributed by atoms with van der Waals surface area (Å²) in [5.74, 6) is -1.11. The highest BCUT2D eigenvalue weighted by molar-refractivity contribution is 6.25. The van der Waals surface area contributed by atoms with E-state index in [-0.39, 0.29) is 40.0 Å². The first-order valence-corrected chi connectivity index (χ1v) is 8.60. The maximum Gasteiger partial charge on any atom is 0.228 e. The van der Waals surface area contributed by atoms with Gasteiger partial charge < -0.3 is 9.15 Å². The van der Waals surface area contributed by atoms with E-state index in [0.717, 1.165) is 0 Å². The SMILES string of the molecule is COC1=CC(=O)c2cc3c(cc2C1=O)C(=O)c1occ2c1C3(C)CCC2=O. The first kappa shape index (κ1) is 15.9. The molecular weight excluding hydrogens is 348 g/mol. The van der Waals surface area contributed by atoms with Crippen molar-refractivity contribution >= 4 is 23.1 Å². The van der Waals surface area contributed by atoms with Crippen LogP contribution >= 0.6 is 0 Å². The van der Waals surface area contributed by atoms with E-state index in [4.69, 9.17) is 9.15 Å². The van der Waals surface area contributed by atoms with Gasteiger partial charge in [0.15, 0.2) is 23.1 Å². The molecule has 0 fully saturated rings. The van der Waals surface area contributed by atoms with E-state index in [1.54, 1.807) is 6.07 Å². The fourth-order valence-corrected chi connectivity index (χ4v) is 4.48. The summed E-state index contributed by atoms with van der Waals surface area (Å²) in [4.78, 5) is 50.4. The quantitative estimate of drug-likeness (QED) is 0.774. The summed E-state index contributed by atoms with van der Waals surface area (Å²) in [6, 6.07) is 3.09. The van der Waals surface area contributed by atoms with E-state index >= 15 is 0 Å². The van der Waals surface area contributed by atoms with Crippen molar-refractivity contribution in [3.05, 3.63) is 69.4 Å². The van der Waals surface area contributed by atoms with Crippen LogP contribution in [0.5, 0.6) is 0 Å². The molecule has 2 aromatic rings. The van der Waals surface area contributed by atoms with Crippen molar-refractivity contribution in [1.29, 1.82) is 0 Å². The Bertz CT molecular complexity index is 1150. The molecule has 1 heterocycles. The standard InChI is InChI=1S/C21H14O6/c1-21-4-3-14(22)12-8-27-20(17(12)21)19(25)11-5-10-9(6-13(11)21)15(23)7-16(26-2)18(10)24/h5-8H,3-4H2,1-2H3. The van der Waals surface area contributed by atoms with Crippen molar-refractivity contribution in [1.82, 2.24) is 0 Å². The minimum atomic E-state index is -0.627. The normalized spacial score (nSPS) is 22.8. The number of Topliss-reactive ketones (excluding diaryl/α,β-unsaturated/α-hetero) is 2. The van der Waals surface area contributed by atoms with Gasteiger partial charge in [-0.3, -0.25) is 19.2 Å². The number of allylic oxidation sites excluding steroid dienone is 2. The minimum Gasteiger partial charge on any atom is -0.492 e. The molecular formula is C21H14O6. The average molecular weight is 362 g/mol. The van der Waals surface area contributed by atoms with Crippen molar-refractivity contribution in [3.63, 3.8) is 0 Å². The smallest absolute Gasteiger partial charge is 0.228 e. The van der Waals surface area contributed by atoms with Crippen molar-refractivity contribution in [3.8, 4) is 0 Å². The van der Waals surface area contributed by atoms with E-state index in [1.165, 1.54) is 25.5 Å². The molecule has 6 heteroatoms. The average Bonchev–Trinajstić information content (AvgIpc) is 3.12. The first-order chi connectivity index (χ1) is 12.9. The number of carbonyl (C=O) groups excluding carboxylic acids is 4. The summed E-state index contributed by atoms with van der Waals surface area (Å²) in [6.07, 6.45) is 3.34. The van der Waals surface area contributed by atoms with Crippen LogP contribution in [-0.4, -0.2) is 30.2 Å². The van der Waals surface area contributed by atoms with Crippen LogP contribution in [0.3, 0.4) is 0 Å². The Balaban J connectivity index is 1.82. The maximum absolute atomic E-state index is 13.0. The lowest BCUT2D eigenvalue weighted by atomic mass is 9.62. The maximum atomic E-state index is 13.0. The predicted molar refractivity (Wildman–Crippen MR) is 92.4 cm³/mol. The van der Waals surface area contributed by atoms with Gasteiger partial charge in [0.1, 0.15) is 6.26 Å². The van der Waals surface area contributed by atoms with Crippen molar-refractivity contribution in [2.75, 3.05) is 7.11 Å². The van der Waals surface area contributed by atoms with Crippen LogP contribution < -0.4 is 0 Å². The van der Waals surface area contributed by atoms with Gasteiger partial charge in [0.2, 0.25) is 11.6 Å². The number of fused-ring (bicyclic) bond motifs is 3. The predicted octanol–water partition coefficient (Wildman–Crippen LogP) is 3.02. The second-order valence-corrected chi connectivity index (χ2v) is 7.29. The molecule has 1 aromatic carbocycles. The van der Waals surface area contributed by atoms with Crippen LogP contribution in [0, 0.1) is 0 Å². The fourth-order valence-electron chi connectivity index (χ4n) is 4.48.